The molecule has 3 rings (SSSR count). The summed E-state index contributed by atoms with van der Waals surface area (Å²) in [6.45, 7) is 0. The zero-order valence-electron chi connectivity index (χ0n) is 8.79. The molecule has 0 aromatic heterocycles. The fourth-order valence-corrected chi connectivity index (χ4v) is 2.41. The highest BCUT2D eigenvalue weighted by Crippen LogP contribution is 2.36. The molecule has 0 saturated heterocycles. The number of alkyl halides is 2. The van der Waals surface area contributed by atoms with Gasteiger partial charge in [0, 0.05) is 0 Å². The molecule has 2 aromatic rings. The van der Waals surface area contributed by atoms with Crippen LogP contribution in [0.5, 0.6) is 0 Å². The Labute approximate surface area is 92.9 Å². The topological polar surface area (TPSA) is 0 Å². The summed E-state index contributed by atoms with van der Waals surface area (Å²) in [6, 6.07) is 11.6. The molecule has 0 radical (unpaired) electrons. The van der Waals surface area contributed by atoms with Crippen LogP contribution in [-0.2, 0) is 6.42 Å². The van der Waals surface area contributed by atoms with E-state index in [9.17, 15) is 8.78 Å². The number of halogens is 2. The van der Waals surface area contributed by atoms with E-state index in [0.29, 0.717) is 18.4 Å². The maximum atomic E-state index is 13.7. The van der Waals surface area contributed by atoms with Crippen molar-refractivity contribution in [2.24, 2.45) is 0 Å². The number of aryl methyl sites for hydroxylation is 1. The average molecular weight is 218 g/mol. The van der Waals surface area contributed by atoms with Gasteiger partial charge in [-0.3, -0.25) is 0 Å². The first-order valence-electron chi connectivity index (χ1n) is 5.55. The fourth-order valence-electron chi connectivity index (χ4n) is 2.41. The second kappa shape index (κ2) is 3.55. The molecular formula is C14H12F2. The van der Waals surface area contributed by atoms with Crippen molar-refractivity contribution in [1.29, 1.82) is 0 Å². The molecule has 0 N–H and O–H groups in total. The van der Waals surface area contributed by atoms with Crippen LogP contribution in [0.3, 0.4) is 0 Å². The minimum Gasteiger partial charge on any atom is -0.244 e. The Kier molecular flexibility index (Phi) is 2.16. The smallest absolute Gasteiger partial charge is 0.156 e. The summed E-state index contributed by atoms with van der Waals surface area (Å²) in [5, 5.41) is 2.09. The van der Waals surface area contributed by atoms with Crippen LogP contribution in [0, 0.1) is 0 Å². The van der Waals surface area contributed by atoms with Crippen LogP contribution < -0.4 is 0 Å². The van der Waals surface area contributed by atoms with Gasteiger partial charge in [0.1, 0.15) is 6.17 Å². The number of hydrogen-bond acceptors (Lipinski definition) is 0. The van der Waals surface area contributed by atoms with E-state index in [1.54, 1.807) is 6.07 Å². The predicted molar refractivity (Wildman–Crippen MR) is 61.0 cm³/mol. The third kappa shape index (κ3) is 1.41. The Balaban J connectivity index is 2.23. The van der Waals surface area contributed by atoms with E-state index in [2.05, 4.69) is 0 Å². The molecular weight excluding hydrogens is 206 g/mol. The summed E-state index contributed by atoms with van der Waals surface area (Å²) in [4.78, 5) is 0. The Bertz CT molecular complexity index is 533. The van der Waals surface area contributed by atoms with Crippen molar-refractivity contribution in [3.8, 4) is 0 Å². The van der Waals surface area contributed by atoms with E-state index in [4.69, 9.17) is 0 Å². The fraction of sp³-hybridized carbons (Fsp3) is 0.286. The average Bonchev–Trinajstić information content (AvgIpc) is 2.32. The number of benzene rings is 2. The Morgan fingerprint density at radius 3 is 2.44 bits per heavy atom. The third-order valence-corrected chi connectivity index (χ3v) is 3.31. The van der Waals surface area contributed by atoms with Gasteiger partial charge in [0.25, 0.3) is 0 Å². The molecule has 2 unspecified atom stereocenters. The standard InChI is InChI=1S/C14H12F2/c15-13-6-5-11-7-9-3-1-2-4-10(9)8-12(11)14(13)16/h1-4,7-8,13-14H,5-6H2. The van der Waals surface area contributed by atoms with Crippen molar-refractivity contribution in [3.05, 3.63) is 47.5 Å². The minimum absolute atomic E-state index is 0.298. The van der Waals surface area contributed by atoms with Crippen LogP contribution in [0.15, 0.2) is 36.4 Å². The van der Waals surface area contributed by atoms with Crippen LogP contribution >= 0.6 is 0 Å². The van der Waals surface area contributed by atoms with E-state index >= 15 is 0 Å². The molecule has 1 aliphatic carbocycles. The van der Waals surface area contributed by atoms with Gasteiger partial charge in [0.2, 0.25) is 0 Å². The molecule has 2 heteroatoms. The van der Waals surface area contributed by atoms with E-state index in [0.717, 1.165) is 16.3 Å². The molecule has 1 aliphatic rings. The molecule has 82 valence electrons. The molecule has 0 bridgehead atoms. The molecule has 0 fully saturated rings. The monoisotopic (exact) mass is 218 g/mol. The molecule has 0 saturated carbocycles. The zero-order chi connectivity index (χ0) is 11.1. The molecule has 2 atom stereocenters. The SMILES string of the molecule is FC1CCc2cc3ccccc3cc2C1F. The van der Waals surface area contributed by atoms with Crippen LogP contribution in [-0.4, -0.2) is 6.17 Å². The Morgan fingerprint density at radius 2 is 1.69 bits per heavy atom. The van der Waals surface area contributed by atoms with Gasteiger partial charge in [-0.25, -0.2) is 8.78 Å². The number of fused-ring (bicyclic) bond motifs is 2. The van der Waals surface area contributed by atoms with Gasteiger partial charge >= 0.3 is 0 Å². The molecule has 0 aliphatic heterocycles. The highest BCUT2D eigenvalue weighted by Gasteiger charge is 2.29. The summed E-state index contributed by atoms with van der Waals surface area (Å²) < 4.78 is 27.0. The molecule has 0 amide bonds. The lowest BCUT2D eigenvalue weighted by Gasteiger charge is -2.23. The summed E-state index contributed by atoms with van der Waals surface area (Å²) in [5.41, 5.74) is 1.50. The Morgan fingerprint density at radius 1 is 1.00 bits per heavy atom. The molecule has 16 heavy (non-hydrogen) atoms. The zero-order valence-corrected chi connectivity index (χ0v) is 8.79. The first-order chi connectivity index (χ1) is 7.75. The van der Waals surface area contributed by atoms with Crippen molar-refractivity contribution in [2.75, 3.05) is 0 Å². The quantitative estimate of drug-likeness (QED) is 0.623. The maximum absolute atomic E-state index is 13.7. The van der Waals surface area contributed by atoms with Gasteiger partial charge < -0.3 is 0 Å². The van der Waals surface area contributed by atoms with Crippen molar-refractivity contribution in [1.82, 2.24) is 0 Å². The van der Waals surface area contributed by atoms with Crippen LogP contribution in [0.1, 0.15) is 23.7 Å². The van der Waals surface area contributed by atoms with E-state index in [1.165, 1.54) is 0 Å². The first-order valence-corrected chi connectivity index (χ1v) is 5.55. The van der Waals surface area contributed by atoms with Crippen molar-refractivity contribution in [3.63, 3.8) is 0 Å². The van der Waals surface area contributed by atoms with Crippen molar-refractivity contribution >= 4 is 10.8 Å². The summed E-state index contributed by atoms with van der Waals surface area (Å²) in [6.07, 6.45) is -1.85. The molecule has 0 nitrogen and oxygen atoms in total. The predicted octanol–water partition coefficient (Wildman–Crippen LogP) is 4.13. The molecule has 0 heterocycles. The third-order valence-electron chi connectivity index (χ3n) is 3.31. The lowest BCUT2D eigenvalue weighted by atomic mass is 9.87. The van der Waals surface area contributed by atoms with Gasteiger partial charge in [0.15, 0.2) is 6.17 Å². The van der Waals surface area contributed by atoms with E-state index < -0.39 is 12.3 Å². The number of rotatable bonds is 0. The van der Waals surface area contributed by atoms with Gasteiger partial charge in [-0.15, -0.1) is 0 Å². The van der Waals surface area contributed by atoms with Crippen molar-refractivity contribution in [2.45, 2.75) is 25.2 Å². The van der Waals surface area contributed by atoms with Crippen LogP contribution in [0.25, 0.3) is 10.8 Å². The second-order valence-corrected chi connectivity index (χ2v) is 4.35. The highest BCUT2D eigenvalue weighted by atomic mass is 19.2. The molecule has 2 aromatic carbocycles. The maximum Gasteiger partial charge on any atom is 0.156 e. The van der Waals surface area contributed by atoms with Gasteiger partial charge in [0.05, 0.1) is 0 Å². The summed E-state index contributed by atoms with van der Waals surface area (Å²) in [7, 11) is 0. The second-order valence-electron chi connectivity index (χ2n) is 4.35. The Hall–Kier alpha value is -1.44. The number of hydrogen-bond donors (Lipinski definition) is 0. The van der Waals surface area contributed by atoms with Gasteiger partial charge in [-0.05, 0) is 40.8 Å². The van der Waals surface area contributed by atoms with Crippen molar-refractivity contribution < 1.29 is 8.78 Å². The van der Waals surface area contributed by atoms with Gasteiger partial charge in [-0.1, -0.05) is 30.3 Å². The van der Waals surface area contributed by atoms with Crippen LogP contribution in [0.2, 0.25) is 0 Å². The van der Waals surface area contributed by atoms with Gasteiger partial charge in [-0.2, -0.15) is 0 Å². The minimum atomic E-state index is -1.45. The molecule has 0 spiro atoms. The largest absolute Gasteiger partial charge is 0.244 e. The van der Waals surface area contributed by atoms with E-state index in [-0.39, 0.29) is 0 Å². The normalized spacial score (nSPS) is 24.4. The summed E-state index contributed by atoms with van der Waals surface area (Å²) >= 11 is 0. The van der Waals surface area contributed by atoms with E-state index in [1.807, 2.05) is 30.3 Å². The first kappa shape index (κ1) is 9.76. The lowest BCUT2D eigenvalue weighted by molar-refractivity contribution is 0.149. The highest BCUT2D eigenvalue weighted by molar-refractivity contribution is 5.84. The lowest BCUT2D eigenvalue weighted by Crippen LogP contribution is -2.18. The van der Waals surface area contributed by atoms with Crippen LogP contribution in [0.4, 0.5) is 8.78 Å². The summed E-state index contributed by atoms with van der Waals surface area (Å²) in [5.74, 6) is 0.